The molecule has 1 N–H and O–H groups in total. The Morgan fingerprint density at radius 2 is 1.85 bits per heavy atom. The minimum absolute atomic E-state index is 0.0289. The van der Waals surface area contributed by atoms with Crippen LogP contribution in [0.15, 0.2) is 36.9 Å². The second-order valence-electron chi connectivity index (χ2n) is 8.32. The van der Waals surface area contributed by atoms with Crippen molar-refractivity contribution in [3.05, 3.63) is 59.4 Å². The summed E-state index contributed by atoms with van der Waals surface area (Å²) in [5.41, 5.74) is -0.257. The first kappa shape index (κ1) is 23.6. The van der Waals surface area contributed by atoms with Gasteiger partial charge in [0.1, 0.15) is 5.69 Å². The highest BCUT2D eigenvalue weighted by atomic mass is 19.4. The van der Waals surface area contributed by atoms with Gasteiger partial charge in [-0.3, -0.25) is 4.79 Å². The summed E-state index contributed by atoms with van der Waals surface area (Å²) in [5.74, 6) is -0.874. The molecule has 0 aliphatic carbocycles. The van der Waals surface area contributed by atoms with Gasteiger partial charge in [-0.2, -0.15) is 23.4 Å². The fourth-order valence-electron chi connectivity index (χ4n) is 4.16. The monoisotopic (exact) mass is 477 g/mol. The van der Waals surface area contributed by atoms with Gasteiger partial charge < -0.3 is 10.2 Å². The molecule has 2 aromatic heterocycles. The van der Waals surface area contributed by atoms with Crippen LogP contribution in [0.3, 0.4) is 0 Å². The predicted molar refractivity (Wildman–Crippen MR) is 115 cm³/mol. The first-order chi connectivity index (χ1) is 16.1. The first-order valence-corrected chi connectivity index (χ1v) is 10.8. The number of alkyl halides is 3. The molecule has 1 aromatic carbocycles. The Bertz CT molecular complexity index is 1150. The molecular weight excluding hydrogens is 454 g/mol. The zero-order chi connectivity index (χ0) is 24.5. The molecule has 0 saturated carbocycles. The van der Waals surface area contributed by atoms with Gasteiger partial charge in [0.2, 0.25) is 5.95 Å². The molecule has 1 aliphatic heterocycles. The van der Waals surface area contributed by atoms with E-state index in [1.807, 2.05) is 6.92 Å². The van der Waals surface area contributed by atoms with Crippen molar-refractivity contribution >= 4 is 11.9 Å². The number of hydrogen-bond acceptors (Lipinski definition) is 6. The Morgan fingerprint density at radius 3 is 2.50 bits per heavy atom. The van der Waals surface area contributed by atoms with Gasteiger partial charge >= 0.3 is 6.18 Å². The topological polar surface area (TPSA) is 88.8 Å². The zero-order valence-electron chi connectivity index (χ0n) is 18.6. The number of benzene rings is 1. The lowest BCUT2D eigenvalue weighted by molar-refractivity contribution is -0.138. The van der Waals surface area contributed by atoms with Crippen molar-refractivity contribution in [3.8, 4) is 5.69 Å². The molecule has 0 spiro atoms. The molecular formula is C22H23F4N7O. The highest BCUT2D eigenvalue weighted by Crippen LogP contribution is 2.30. The predicted octanol–water partition coefficient (Wildman–Crippen LogP) is 3.88. The third-order valence-corrected chi connectivity index (χ3v) is 5.88. The van der Waals surface area contributed by atoms with Crippen molar-refractivity contribution < 1.29 is 22.4 Å². The molecule has 2 atom stereocenters. The van der Waals surface area contributed by atoms with Crippen LogP contribution >= 0.6 is 0 Å². The number of carbonyl (C=O) groups is 1. The largest absolute Gasteiger partial charge is 0.419 e. The lowest BCUT2D eigenvalue weighted by Crippen LogP contribution is -2.51. The number of aromatic nitrogens is 5. The van der Waals surface area contributed by atoms with E-state index in [0.717, 1.165) is 17.6 Å². The number of rotatable bonds is 5. The molecule has 12 heteroatoms. The number of nitrogens with one attached hydrogen (secondary N) is 1. The molecule has 0 radical (unpaired) electrons. The summed E-state index contributed by atoms with van der Waals surface area (Å²) < 4.78 is 53.2. The van der Waals surface area contributed by atoms with Gasteiger partial charge in [-0.15, -0.1) is 4.80 Å². The van der Waals surface area contributed by atoms with E-state index in [1.165, 1.54) is 18.5 Å². The van der Waals surface area contributed by atoms with E-state index in [1.54, 1.807) is 17.9 Å². The molecule has 1 amide bonds. The minimum atomic E-state index is -4.52. The van der Waals surface area contributed by atoms with Crippen molar-refractivity contribution in [1.82, 2.24) is 29.9 Å². The van der Waals surface area contributed by atoms with Crippen LogP contribution < -0.4 is 5.32 Å². The summed E-state index contributed by atoms with van der Waals surface area (Å²) >= 11 is 0. The molecule has 1 aliphatic rings. The van der Waals surface area contributed by atoms with Crippen LogP contribution in [0.1, 0.15) is 41.3 Å². The summed E-state index contributed by atoms with van der Waals surface area (Å²) in [6.45, 7) is 4.36. The SMILES string of the molecule is Cc1cc(F)c(-n2nccn2)c(C(=O)N2CCCC(C)C2CNc2ncc(C(F)(F)F)cn2)c1. The highest BCUT2D eigenvalue weighted by molar-refractivity contribution is 5.98. The lowest BCUT2D eigenvalue weighted by atomic mass is 9.89. The van der Waals surface area contributed by atoms with Crippen LogP contribution in [0.4, 0.5) is 23.5 Å². The molecule has 34 heavy (non-hydrogen) atoms. The molecule has 8 nitrogen and oxygen atoms in total. The Hall–Kier alpha value is -3.57. The van der Waals surface area contributed by atoms with Crippen molar-refractivity contribution in [2.75, 3.05) is 18.4 Å². The van der Waals surface area contributed by atoms with Crippen molar-refractivity contribution in [3.63, 3.8) is 0 Å². The quantitative estimate of drug-likeness (QED) is 0.562. The van der Waals surface area contributed by atoms with Crippen molar-refractivity contribution in [2.45, 2.75) is 38.9 Å². The number of anilines is 1. The molecule has 1 saturated heterocycles. The fourth-order valence-corrected chi connectivity index (χ4v) is 4.16. The molecule has 4 rings (SSSR count). The number of hydrogen-bond donors (Lipinski definition) is 1. The average Bonchev–Trinajstić information content (AvgIpc) is 3.31. The Balaban J connectivity index is 1.59. The van der Waals surface area contributed by atoms with Crippen LogP contribution in [-0.2, 0) is 6.18 Å². The molecule has 180 valence electrons. The average molecular weight is 477 g/mol. The van der Waals surface area contributed by atoms with Gasteiger partial charge in [-0.05, 0) is 43.4 Å². The Morgan fingerprint density at radius 1 is 1.18 bits per heavy atom. The number of nitrogens with zero attached hydrogens (tertiary/aromatic N) is 6. The van der Waals surface area contributed by atoms with Gasteiger partial charge in [-0.1, -0.05) is 6.92 Å². The summed E-state index contributed by atoms with van der Waals surface area (Å²) in [4.78, 5) is 23.9. The van der Waals surface area contributed by atoms with E-state index in [0.29, 0.717) is 24.5 Å². The van der Waals surface area contributed by atoms with Crippen molar-refractivity contribution in [2.24, 2.45) is 5.92 Å². The van der Waals surface area contributed by atoms with Crippen molar-refractivity contribution in [1.29, 1.82) is 0 Å². The smallest absolute Gasteiger partial charge is 0.352 e. The van der Waals surface area contributed by atoms with E-state index < -0.39 is 17.6 Å². The Kier molecular flexibility index (Phi) is 6.49. The van der Waals surface area contributed by atoms with E-state index in [-0.39, 0.29) is 41.6 Å². The van der Waals surface area contributed by atoms with Gasteiger partial charge in [0.15, 0.2) is 5.82 Å². The first-order valence-electron chi connectivity index (χ1n) is 10.8. The molecule has 1 fully saturated rings. The maximum atomic E-state index is 14.9. The number of carbonyl (C=O) groups excluding carboxylic acids is 1. The van der Waals surface area contributed by atoms with Crippen LogP contribution in [0.25, 0.3) is 5.69 Å². The summed E-state index contributed by atoms with van der Waals surface area (Å²) in [7, 11) is 0. The maximum absolute atomic E-state index is 14.9. The third-order valence-electron chi connectivity index (χ3n) is 5.88. The molecule has 2 unspecified atom stereocenters. The lowest BCUT2D eigenvalue weighted by Gasteiger charge is -2.40. The second-order valence-corrected chi connectivity index (χ2v) is 8.32. The van der Waals surface area contributed by atoms with Gasteiger partial charge in [0, 0.05) is 25.5 Å². The van der Waals surface area contributed by atoms with E-state index in [2.05, 4.69) is 25.5 Å². The van der Waals surface area contributed by atoms with E-state index >= 15 is 0 Å². The van der Waals surface area contributed by atoms with Crippen LogP contribution in [0.5, 0.6) is 0 Å². The summed E-state index contributed by atoms with van der Waals surface area (Å²) in [6, 6.07) is 2.61. The summed E-state index contributed by atoms with van der Waals surface area (Å²) in [6.07, 6.45) is 1.32. The van der Waals surface area contributed by atoms with E-state index in [4.69, 9.17) is 0 Å². The van der Waals surface area contributed by atoms with Crippen LogP contribution in [-0.4, -0.2) is 54.9 Å². The van der Waals surface area contributed by atoms with E-state index in [9.17, 15) is 22.4 Å². The highest BCUT2D eigenvalue weighted by Gasteiger charge is 2.35. The van der Waals surface area contributed by atoms with Gasteiger partial charge in [0.25, 0.3) is 5.91 Å². The van der Waals surface area contributed by atoms with Gasteiger partial charge in [-0.25, -0.2) is 14.4 Å². The number of amides is 1. The normalized spacial score (nSPS) is 18.7. The standard InChI is InChI=1S/C22H23F4N7O/c1-13-8-16(19(17(23)9-13)33-30-5-6-31-33)20(34)32-7-3-4-14(2)18(32)12-29-21-27-10-15(11-28-21)22(24,25)26/h5-6,8-11,14,18H,3-4,7,12H2,1-2H3,(H,27,28,29). The number of likely N-dealkylation sites (tertiary alicyclic amines) is 1. The molecule has 3 heterocycles. The maximum Gasteiger partial charge on any atom is 0.419 e. The molecule has 0 bridgehead atoms. The third kappa shape index (κ3) is 4.85. The molecule has 3 aromatic rings. The fraction of sp³-hybridized carbons (Fsp3) is 0.409. The Labute approximate surface area is 193 Å². The minimum Gasteiger partial charge on any atom is -0.352 e. The summed E-state index contributed by atoms with van der Waals surface area (Å²) in [5, 5.41) is 10.9. The van der Waals surface area contributed by atoms with Gasteiger partial charge in [0.05, 0.1) is 29.6 Å². The number of halogens is 4. The van der Waals surface area contributed by atoms with Crippen LogP contribution in [0, 0.1) is 18.7 Å². The zero-order valence-corrected chi connectivity index (χ0v) is 18.6. The second kappa shape index (κ2) is 9.35. The number of aryl methyl sites for hydroxylation is 1. The van der Waals surface area contributed by atoms with Crippen LogP contribution in [0.2, 0.25) is 0 Å². The number of piperidine rings is 1.